The molecule has 0 radical (unpaired) electrons. The number of methoxy groups -OCH3 is 2. The van der Waals surface area contributed by atoms with Crippen LogP contribution in [0.2, 0.25) is 0 Å². The van der Waals surface area contributed by atoms with Crippen molar-refractivity contribution in [1.29, 1.82) is 0 Å². The van der Waals surface area contributed by atoms with Gasteiger partial charge in [-0.1, -0.05) is 12.1 Å². The average molecular weight is 554 g/mol. The van der Waals surface area contributed by atoms with Crippen LogP contribution >= 0.6 is 0 Å². The van der Waals surface area contributed by atoms with Crippen LogP contribution in [0.1, 0.15) is 32.9 Å². The molecule has 0 aliphatic rings. The van der Waals surface area contributed by atoms with Crippen LogP contribution in [0.15, 0.2) is 65.7 Å². The number of aromatic amines is 1. The Labute approximate surface area is 235 Å². The van der Waals surface area contributed by atoms with Crippen molar-refractivity contribution in [2.24, 2.45) is 0 Å². The number of ketones is 1. The molecule has 0 aliphatic carbocycles. The molecule has 0 spiro atoms. The lowest BCUT2D eigenvalue weighted by molar-refractivity contribution is 0.0991. The number of pyridine rings is 3. The van der Waals surface area contributed by atoms with E-state index in [2.05, 4.69) is 15.0 Å². The Hall–Kier alpha value is -5.05. The molecule has 3 heterocycles. The van der Waals surface area contributed by atoms with Gasteiger partial charge >= 0.3 is 0 Å². The minimum absolute atomic E-state index is 0.0344. The second-order valence-corrected chi connectivity index (χ2v) is 9.66. The van der Waals surface area contributed by atoms with Gasteiger partial charge in [0.2, 0.25) is 5.43 Å². The second-order valence-electron chi connectivity index (χ2n) is 9.66. The van der Waals surface area contributed by atoms with Gasteiger partial charge in [0.15, 0.2) is 23.1 Å². The van der Waals surface area contributed by atoms with E-state index >= 15 is 4.39 Å². The molecule has 0 aliphatic heterocycles. The lowest BCUT2D eigenvalue weighted by atomic mass is 9.95. The Morgan fingerprint density at radius 2 is 1.68 bits per heavy atom. The molecule has 2 aromatic carbocycles. The number of aromatic nitrogens is 3. The fraction of sp³-hybridized carbons (Fsp3) is 0.188. The Balaban J connectivity index is 1.42. The SMILES string of the molecule is COc1cnc2c(Oc3ccc(CC(=O)c4c(C)[nH]c(C)c(-c5ccc(OC)c(C)c5)c4=O)cc3F)ccnc2c1. The molecule has 208 valence electrons. The largest absolute Gasteiger partial charge is 0.496 e. The molecule has 3 aromatic heterocycles. The van der Waals surface area contributed by atoms with E-state index in [4.69, 9.17) is 14.2 Å². The summed E-state index contributed by atoms with van der Waals surface area (Å²) in [6, 6.07) is 13.0. The van der Waals surface area contributed by atoms with Crippen LogP contribution in [-0.4, -0.2) is 35.0 Å². The molecule has 9 heteroatoms. The first-order valence-electron chi connectivity index (χ1n) is 12.9. The number of carbonyl (C=O) groups is 1. The molecule has 1 N–H and O–H groups in total. The number of carbonyl (C=O) groups excluding carboxylic acids is 1. The van der Waals surface area contributed by atoms with E-state index in [0.717, 1.165) is 5.56 Å². The number of rotatable bonds is 8. The van der Waals surface area contributed by atoms with Gasteiger partial charge in [-0.15, -0.1) is 0 Å². The molecule has 8 nitrogen and oxygen atoms in total. The number of nitrogens with one attached hydrogen (secondary N) is 1. The van der Waals surface area contributed by atoms with Gasteiger partial charge in [-0.3, -0.25) is 14.6 Å². The summed E-state index contributed by atoms with van der Waals surface area (Å²) in [5, 5.41) is 0. The summed E-state index contributed by atoms with van der Waals surface area (Å²) in [4.78, 5) is 38.7. The Morgan fingerprint density at radius 1 is 0.902 bits per heavy atom. The number of H-pyrrole nitrogens is 1. The van der Waals surface area contributed by atoms with Crippen molar-refractivity contribution in [2.75, 3.05) is 14.2 Å². The highest BCUT2D eigenvalue weighted by Gasteiger charge is 2.21. The van der Waals surface area contributed by atoms with E-state index in [1.54, 1.807) is 51.3 Å². The number of nitrogens with zero attached hydrogens (tertiary/aromatic N) is 2. The number of benzene rings is 2. The molecule has 0 bridgehead atoms. The first-order chi connectivity index (χ1) is 19.7. The highest BCUT2D eigenvalue weighted by Crippen LogP contribution is 2.31. The summed E-state index contributed by atoms with van der Waals surface area (Å²) in [6.45, 7) is 5.37. The van der Waals surface area contributed by atoms with E-state index in [1.165, 1.54) is 31.6 Å². The topological polar surface area (TPSA) is 103 Å². The van der Waals surface area contributed by atoms with E-state index in [0.29, 0.717) is 56.4 Å². The first-order valence-corrected chi connectivity index (χ1v) is 12.9. The predicted octanol–water partition coefficient (Wildman–Crippen LogP) is 6.28. The maximum Gasteiger partial charge on any atom is 0.200 e. The van der Waals surface area contributed by atoms with Gasteiger partial charge in [0.05, 0.1) is 31.5 Å². The third-order valence-corrected chi connectivity index (χ3v) is 6.87. The zero-order chi connectivity index (χ0) is 29.3. The molecule has 0 saturated carbocycles. The maximum atomic E-state index is 15.1. The average Bonchev–Trinajstić information content (AvgIpc) is 2.94. The van der Waals surface area contributed by atoms with E-state index in [-0.39, 0.29) is 23.2 Å². The highest BCUT2D eigenvalue weighted by atomic mass is 19.1. The second kappa shape index (κ2) is 11.2. The van der Waals surface area contributed by atoms with Crippen LogP contribution in [0.25, 0.3) is 22.2 Å². The van der Waals surface area contributed by atoms with Crippen LogP contribution in [0.5, 0.6) is 23.0 Å². The molecule has 5 aromatic rings. The van der Waals surface area contributed by atoms with Crippen LogP contribution < -0.4 is 19.6 Å². The van der Waals surface area contributed by atoms with E-state index in [9.17, 15) is 9.59 Å². The molecule has 0 unspecified atom stereocenters. The minimum atomic E-state index is -0.655. The normalized spacial score (nSPS) is 11.0. The fourth-order valence-electron chi connectivity index (χ4n) is 4.90. The van der Waals surface area contributed by atoms with Crippen molar-refractivity contribution in [3.63, 3.8) is 0 Å². The fourth-order valence-corrected chi connectivity index (χ4v) is 4.90. The quantitative estimate of drug-likeness (QED) is 0.225. The summed E-state index contributed by atoms with van der Waals surface area (Å²) in [6.07, 6.45) is 2.90. The summed E-state index contributed by atoms with van der Waals surface area (Å²) in [5.41, 5.74) is 4.13. The third-order valence-electron chi connectivity index (χ3n) is 6.87. The lowest BCUT2D eigenvalue weighted by Crippen LogP contribution is -2.22. The Bertz CT molecular complexity index is 1870. The van der Waals surface area contributed by atoms with Gasteiger partial charge in [-0.25, -0.2) is 9.37 Å². The van der Waals surface area contributed by atoms with Gasteiger partial charge < -0.3 is 19.2 Å². The monoisotopic (exact) mass is 553 g/mol. The number of halogens is 1. The summed E-state index contributed by atoms with van der Waals surface area (Å²) >= 11 is 0. The molecule has 0 saturated heterocycles. The van der Waals surface area contributed by atoms with Crippen LogP contribution in [0, 0.1) is 26.6 Å². The highest BCUT2D eigenvalue weighted by molar-refractivity contribution is 5.99. The third kappa shape index (κ3) is 5.38. The van der Waals surface area contributed by atoms with Crippen molar-refractivity contribution < 1.29 is 23.4 Å². The molecule has 5 rings (SSSR count). The van der Waals surface area contributed by atoms with Gasteiger partial charge in [0.25, 0.3) is 0 Å². The summed E-state index contributed by atoms with van der Waals surface area (Å²) < 4.78 is 31.5. The first kappa shape index (κ1) is 27.5. The molecule has 0 fully saturated rings. The van der Waals surface area contributed by atoms with Gasteiger partial charge in [-0.05, 0) is 61.7 Å². The Morgan fingerprint density at radius 3 is 2.39 bits per heavy atom. The lowest BCUT2D eigenvalue weighted by Gasteiger charge is -2.13. The number of hydrogen-bond acceptors (Lipinski definition) is 7. The molecule has 0 amide bonds. The van der Waals surface area contributed by atoms with Gasteiger partial charge in [-0.2, -0.15) is 0 Å². The summed E-state index contributed by atoms with van der Waals surface area (Å²) in [5.74, 6) is 0.459. The number of fused-ring (bicyclic) bond motifs is 1. The van der Waals surface area contributed by atoms with Crippen molar-refractivity contribution >= 4 is 16.8 Å². The molecular formula is C32H28FN3O5. The number of Topliss-reactive ketones (excluding diaryl/α,β-unsaturated/α-hetero) is 1. The zero-order valence-corrected chi connectivity index (χ0v) is 23.3. The van der Waals surface area contributed by atoms with Crippen molar-refractivity contribution in [3.8, 4) is 34.1 Å². The van der Waals surface area contributed by atoms with Gasteiger partial charge in [0, 0.05) is 41.7 Å². The van der Waals surface area contributed by atoms with Crippen molar-refractivity contribution in [1.82, 2.24) is 15.0 Å². The molecular weight excluding hydrogens is 525 g/mol. The van der Waals surface area contributed by atoms with Crippen LogP contribution in [-0.2, 0) is 6.42 Å². The smallest absolute Gasteiger partial charge is 0.200 e. The van der Waals surface area contributed by atoms with Crippen LogP contribution in [0.3, 0.4) is 0 Å². The van der Waals surface area contributed by atoms with Crippen LogP contribution in [0.4, 0.5) is 4.39 Å². The molecule has 41 heavy (non-hydrogen) atoms. The maximum absolute atomic E-state index is 15.1. The van der Waals surface area contributed by atoms with Gasteiger partial charge in [0.1, 0.15) is 17.0 Å². The standard InChI is InChI=1S/C32H28FN3O5/c1-17-12-21(7-9-26(17)40-5)29-18(2)36-19(3)30(32(29)38)25(37)14-20-6-8-27(23(33)13-20)41-28-10-11-34-24-15-22(39-4)16-35-31(24)28/h6-13,15-16H,14H2,1-5H3,(H,36,38). The zero-order valence-electron chi connectivity index (χ0n) is 23.3. The van der Waals surface area contributed by atoms with Crippen molar-refractivity contribution in [3.05, 3.63) is 105 Å². The number of ether oxygens (including phenoxy) is 3. The minimum Gasteiger partial charge on any atom is -0.496 e. The van der Waals surface area contributed by atoms with E-state index in [1.807, 2.05) is 13.0 Å². The Kier molecular flexibility index (Phi) is 7.52. The number of hydrogen-bond donors (Lipinski definition) is 1. The predicted molar refractivity (Wildman–Crippen MR) is 154 cm³/mol. The van der Waals surface area contributed by atoms with Crippen molar-refractivity contribution in [2.45, 2.75) is 27.2 Å². The molecule has 0 atom stereocenters. The number of aryl methyl sites for hydroxylation is 3. The van der Waals surface area contributed by atoms with E-state index < -0.39 is 11.6 Å². The summed E-state index contributed by atoms with van der Waals surface area (Å²) in [7, 11) is 3.11.